The summed E-state index contributed by atoms with van der Waals surface area (Å²) in [5, 5.41) is 0. The van der Waals surface area contributed by atoms with Gasteiger partial charge in [-0.05, 0) is 52.4 Å². The summed E-state index contributed by atoms with van der Waals surface area (Å²) in [7, 11) is 5.39. The number of benzene rings is 1. The van der Waals surface area contributed by atoms with E-state index in [2.05, 4.69) is 39.6 Å². The van der Waals surface area contributed by atoms with Crippen LogP contribution in [-0.4, -0.2) is 57.8 Å². The lowest BCUT2D eigenvalue weighted by atomic mass is 10.2. The summed E-state index contributed by atoms with van der Waals surface area (Å²) in [5.41, 5.74) is 0.572. The molecule has 5 nitrogen and oxygen atoms in total. The van der Waals surface area contributed by atoms with Crippen LogP contribution in [0.2, 0.25) is 0 Å². The van der Waals surface area contributed by atoms with Crippen molar-refractivity contribution >= 4 is 6.29 Å². The molecule has 0 unspecified atom stereocenters. The van der Waals surface area contributed by atoms with E-state index in [9.17, 15) is 4.79 Å². The molecule has 0 aromatic heterocycles. The molecule has 0 radical (unpaired) electrons. The maximum atomic E-state index is 10.6. The highest BCUT2D eigenvalue weighted by atomic mass is 16.5. The van der Waals surface area contributed by atoms with Crippen molar-refractivity contribution in [3.63, 3.8) is 0 Å². The van der Waals surface area contributed by atoms with Crippen molar-refractivity contribution < 1.29 is 19.0 Å². The minimum absolute atomic E-state index is 0.534. The van der Waals surface area contributed by atoms with Gasteiger partial charge in [0.25, 0.3) is 0 Å². The first kappa shape index (κ1) is 32.1. The zero-order chi connectivity index (χ0) is 23.2. The number of ether oxygens (including phenoxy) is 3. The Hall–Kier alpha value is -1.59. The summed E-state index contributed by atoms with van der Waals surface area (Å²) >= 11 is 0. The van der Waals surface area contributed by atoms with Crippen molar-refractivity contribution in [3.05, 3.63) is 23.8 Å². The Morgan fingerprint density at radius 3 is 1.97 bits per heavy atom. The molecule has 0 N–H and O–H groups in total. The van der Waals surface area contributed by atoms with Gasteiger partial charge < -0.3 is 19.1 Å². The van der Waals surface area contributed by atoms with Gasteiger partial charge >= 0.3 is 0 Å². The molecule has 0 heterocycles. The number of carbonyl (C=O) groups is 1. The average molecular weight is 414 g/mol. The molecule has 1 aromatic carbocycles. The molecule has 1 aromatic rings. The first-order chi connectivity index (χ1) is 13.9. The van der Waals surface area contributed by atoms with E-state index in [-0.39, 0.29) is 0 Å². The highest BCUT2D eigenvalue weighted by Crippen LogP contribution is 2.27. The van der Waals surface area contributed by atoms with Gasteiger partial charge in [-0.1, -0.05) is 34.6 Å². The summed E-state index contributed by atoms with van der Waals surface area (Å²) in [5.74, 6) is 1.21. The van der Waals surface area contributed by atoms with Crippen LogP contribution in [0.25, 0.3) is 0 Å². The van der Waals surface area contributed by atoms with E-state index in [1.165, 1.54) is 6.42 Å². The number of rotatable bonds is 10. The molecule has 0 aliphatic carbocycles. The van der Waals surface area contributed by atoms with Crippen LogP contribution < -0.4 is 9.47 Å². The largest absolute Gasteiger partial charge is 0.493 e. The van der Waals surface area contributed by atoms with Crippen molar-refractivity contribution in [1.29, 1.82) is 0 Å². The lowest BCUT2D eigenvalue weighted by Crippen LogP contribution is -2.34. The Labute approximate surface area is 180 Å². The predicted molar refractivity (Wildman–Crippen MR) is 126 cm³/mol. The Morgan fingerprint density at radius 1 is 1.00 bits per heavy atom. The van der Waals surface area contributed by atoms with Crippen LogP contribution >= 0.6 is 0 Å². The van der Waals surface area contributed by atoms with E-state index in [4.69, 9.17) is 14.2 Å². The number of hydrogen-bond donors (Lipinski definition) is 0. The van der Waals surface area contributed by atoms with Crippen LogP contribution in [0.5, 0.6) is 11.5 Å². The van der Waals surface area contributed by atoms with Crippen molar-refractivity contribution in [3.8, 4) is 11.5 Å². The fraction of sp³-hybridized carbons (Fsp3) is 0.708. The number of methoxy groups -OCH3 is 2. The monoisotopic (exact) mass is 413 g/mol. The van der Waals surface area contributed by atoms with Crippen LogP contribution in [0.15, 0.2) is 18.2 Å². The van der Waals surface area contributed by atoms with Gasteiger partial charge in [0.1, 0.15) is 6.29 Å². The van der Waals surface area contributed by atoms with E-state index in [0.29, 0.717) is 36.3 Å². The summed E-state index contributed by atoms with van der Waals surface area (Å²) < 4.78 is 15.6. The van der Waals surface area contributed by atoms with Crippen LogP contribution in [0.4, 0.5) is 0 Å². The van der Waals surface area contributed by atoms with Crippen molar-refractivity contribution in [2.75, 3.05) is 34.5 Å². The molecule has 0 bridgehead atoms. The van der Waals surface area contributed by atoms with Gasteiger partial charge in [-0.15, -0.1) is 0 Å². The highest BCUT2D eigenvalue weighted by Gasteiger charge is 2.08. The van der Waals surface area contributed by atoms with E-state index < -0.39 is 0 Å². The zero-order valence-corrected chi connectivity index (χ0v) is 20.9. The first-order valence-electron chi connectivity index (χ1n) is 10.9. The second kappa shape index (κ2) is 22.7. The molecule has 1 rings (SSSR count). The lowest BCUT2D eigenvalue weighted by molar-refractivity contribution is 0.112. The van der Waals surface area contributed by atoms with E-state index >= 15 is 0 Å². The van der Waals surface area contributed by atoms with Gasteiger partial charge in [0.2, 0.25) is 0 Å². The summed E-state index contributed by atoms with van der Waals surface area (Å²) in [6, 6.07) is 6.48. The van der Waals surface area contributed by atoms with Crippen LogP contribution in [-0.2, 0) is 4.74 Å². The Bertz CT molecular complexity index is 478. The van der Waals surface area contributed by atoms with Crippen molar-refractivity contribution in [1.82, 2.24) is 4.90 Å². The zero-order valence-electron chi connectivity index (χ0n) is 20.9. The quantitative estimate of drug-likeness (QED) is 0.342. The Balaban J connectivity index is -0.000000443. The second-order valence-corrected chi connectivity index (χ2v) is 6.24. The molecule has 0 saturated carbocycles. The number of carbonyl (C=O) groups excluding carboxylic acids is 1. The van der Waals surface area contributed by atoms with E-state index in [1.807, 2.05) is 27.7 Å². The maximum absolute atomic E-state index is 10.6. The molecule has 0 spiro atoms. The molecule has 0 aliphatic heterocycles. The van der Waals surface area contributed by atoms with Crippen molar-refractivity contribution in [2.45, 2.75) is 80.3 Å². The van der Waals surface area contributed by atoms with Gasteiger partial charge in [-0.25, -0.2) is 0 Å². The molecule has 0 saturated heterocycles. The third kappa shape index (κ3) is 16.0. The number of aldehydes is 1. The Kier molecular flexibility index (Phi) is 25.1. The molecule has 1 atom stereocenters. The molecule has 5 heteroatoms. The topological polar surface area (TPSA) is 48.0 Å². The van der Waals surface area contributed by atoms with Gasteiger partial charge in [0.15, 0.2) is 11.5 Å². The van der Waals surface area contributed by atoms with E-state index in [0.717, 1.165) is 18.7 Å². The van der Waals surface area contributed by atoms with Gasteiger partial charge in [0, 0.05) is 37.8 Å². The van der Waals surface area contributed by atoms with Gasteiger partial charge in [0.05, 0.1) is 13.7 Å². The number of nitrogens with zero attached hydrogens (tertiary/aromatic N) is 1. The molecule has 172 valence electrons. The molecule has 29 heavy (non-hydrogen) atoms. The van der Waals surface area contributed by atoms with Crippen molar-refractivity contribution in [2.24, 2.45) is 0 Å². The number of hydrogen-bond acceptors (Lipinski definition) is 5. The fourth-order valence-electron chi connectivity index (χ4n) is 2.06. The van der Waals surface area contributed by atoms with E-state index in [1.54, 1.807) is 32.4 Å². The third-order valence-corrected chi connectivity index (χ3v) is 4.17. The fourth-order valence-corrected chi connectivity index (χ4v) is 2.06. The van der Waals surface area contributed by atoms with Crippen LogP contribution in [0.3, 0.4) is 0 Å². The summed E-state index contributed by atoms with van der Waals surface area (Å²) in [4.78, 5) is 13.0. The average Bonchev–Trinajstić information content (AvgIpc) is 2.78. The summed E-state index contributed by atoms with van der Waals surface area (Å²) in [6.07, 6.45) is 2.82. The minimum Gasteiger partial charge on any atom is -0.493 e. The maximum Gasteiger partial charge on any atom is 0.161 e. The third-order valence-electron chi connectivity index (χ3n) is 4.17. The second-order valence-electron chi connectivity index (χ2n) is 6.24. The normalized spacial score (nSPS) is 10.5. The molecular formula is C24H47NO4. The smallest absolute Gasteiger partial charge is 0.161 e. The minimum atomic E-state index is 0.534. The lowest BCUT2D eigenvalue weighted by Gasteiger charge is -2.27. The van der Waals surface area contributed by atoms with Gasteiger partial charge in [-0.3, -0.25) is 4.79 Å². The van der Waals surface area contributed by atoms with Crippen LogP contribution in [0, 0.1) is 0 Å². The standard InChI is InChI=1S/C12H16O4.C8H19N.2C2H6/c1-14-6-3-7-16-12-8-10(9-13)4-5-11(12)15-2;1-6-8(4)9(5)7(2)3;2*1-2/h4-5,8-9H,3,6-7H2,1-2H3;7-8H,6H2,1-5H3;2*1-2H3/t;8-;;/m.1../s1. The van der Waals surface area contributed by atoms with Gasteiger partial charge in [-0.2, -0.15) is 0 Å². The first-order valence-corrected chi connectivity index (χ1v) is 10.9. The highest BCUT2D eigenvalue weighted by molar-refractivity contribution is 5.76. The Morgan fingerprint density at radius 2 is 1.59 bits per heavy atom. The summed E-state index contributed by atoms with van der Waals surface area (Å²) in [6.45, 7) is 18.1. The molecule has 0 amide bonds. The SMILES string of the molecule is CC.CC.CC[C@@H](C)N(C)C(C)C.COCCCOc1cc(C=O)ccc1OC. The molecule has 0 aliphatic rings. The molecular weight excluding hydrogens is 366 g/mol. The van der Waals surface area contributed by atoms with Crippen LogP contribution in [0.1, 0.15) is 78.6 Å². The molecule has 0 fully saturated rings. The predicted octanol–water partition coefficient (Wildman–Crippen LogP) is 6.10.